The third-order valence-electron chi connectivity index (χ3n) is 6.32. The van der Waals surface area contributed by atoms with Crippen LogP contribution in [-0.4, -0.2) is 42.7 Å². The van der Waals surface area contributed by atoms with E-state index in [1.807, 2.05) is 30.3 Å². The van der Waals surface area contributed by atoms with Crippen molar-refractivity contribution in [3.63, 3.8) is 0 Å². The molecule has 1 aliphatic heterocycles. The molecule has 0 radical (unpaired) electrons. The molecule has 1 amide bonds. The van der Waals surface area contributed by atoms with Crippen molar-refractivity contribution in [2.45, 2.75) is 39.2 Å². The lowest BCUT2D eigenvalue weighted by molar-refractivity contribution is 0.0915. The first-order chi connectivity index (χ1) is 15.5. The molecule has 168 valence electrons. The number of hydrogen-bond donors (Lipinski definition) is 1. The summed E-state index contributed by atoms with van der Waals surface area (Å²) in [7, 11) is 1.67. The van der Waals surface area contributed by atoms with Crippen LogP contribution in [0.1, 0.15) is 52.5 Å². The highest BCUT2D eigenvalue weighted by atomic mass is 16.5. The van der Waals surface area contributed by atoms with E-state index in [2.05, 4.69) is 41.4 Å². The van der Waals surface area contributed by atoms with Crippen molar-refractivity contribution < 1.29 is 14.1 Å². The summed E-state index contributed by atoms with van der Waals surface area (Å²) in [5.74, 6) is 1.21. The van der Waals surface area contributed by atoms with Gasteiger partial charge in [0.25, 0.3) is 5.91 Å². The molecule has 0 spiro atoms. The van der Waals surface area contributed by atoms with Crippen molar-refractivity contribution in [1.29, 1.82) is 0 Å². The zero-order valence-corrected chi connectivity index (χ0v) is 19.1. The number of likely N-dealkylation sites (tertiary alicyclic amines) is 1. The predicted molar refractivity (Wildman–Crippen MR) is 125 cm³/mol. The molecule has 1 aromatic heterocycles. The molecule has 32 heavy (non-hydrogen) atoms. The number of ether oxygens (including phenoxy) is 1. The molecule has 0 bridgehead atoms. The number of benzene rings is 2. The van der Waals surface area contributed by atoms with E-state index in [0.29, 0.717) is 18.0 Å². The van der Waals surface area contributed by atoms with Crippen LogP contribution in [0.5, 0.6) is 5.75 Å². The van der Waals surface area contributed by atoms with Crippen LogP contribution in [0, 0.1) is 13.8 Å². The van der Waals surface area contributed by atoms with Crippen molar-refractivity contribution in [3.05, 3.63) is 70.9 Å². The molecule has 0 saturated carbocycles. The number of nitrogens with one attached hydrogen (secondary N) is 1. The fourth-order valence-electron chi connectivity index (χ4n) is 4.21. The summed E-state index contributed by atoms with van der Waals surface area (Å²) in [5.41, 5.74) is 4.78. The lowest BCUT2D eigenvalue weighted by Gasteiger charge is -2.35. The fraction of sp³-hybridized carbons (Fsp3) is 0.385. The molecular formula is C26H31N3O3. The van der Waals surface area contributed by atoms with E-state index in [9.17, 15) is 4.79 Å². The number of piperidine rings is 1. The molecule has 2 aromatic carbocycles. The van der Waals surface area contributed by atoms with E-state index in [1.54, 1.807) is 13.2 Å². The number of aryl methyl sites for hydroxylation is 2. The molecule has 1 saturated heterocycles. The van der Waals surface area contributed by atoms with Crippen LogP contribution in [0.3, 0.4) is 0 Å². The van der Waals surface area contributed by atoms with Crippen LogP contribution >= 0.6 is 0 Å². The second-order valence-electron chi connectivity index (χ2n) is 8.47. The number of amides is 1. The monoisotopic (exact) mass is 433 g/mol. The maximum absolute atomic E-state index is 12.9. The summed E-state index contributed by atoms with van der Waals surface area (Å²) in [6, 6.07) is 16.0. The Bertz CT molecular complexity index is 1050. The fourth-order valence-corrected chi connectivity index (χ4v) is 4.21. The molecule has 1 aliphatic rings. The maximum Gasteiger partial charge on any atom is 0.273 e. The number of carbonyl (C=O) groups excluding carboxylic acids is 1. The maximum atomic E-state index is 12.9. The van der Waals surface area contributed by atoms with Crippen molar-refractivity contribution in [2.24, 2.45) is 0 Å². The van der Waals surface area contributed by atoms with Crippen LogP contribution in [0.2, 0.25) is 0 Å². The van der Waals surface area contributed by atoms with E-state index in [4.69, 9.17) is 9.26 Å². The van der Waals surface area contributed by atoms with Crippen LogP contribution in [0.4, 0.5) is 0 Å². The Morgan fingerprint density at radius 3 is 2.50 bits per heavy atom. The van der Waals surface area contributed by atoms with Gasteiger partial charge in [-0.05, 0) is 74.7 Å². The molecule has 1 fully saturated rings. The number of rotatable bonds is 7. The number of nitrogens with zero attached hydrogens (tertiary/aromatic N) is 2. The summed E-state index contributed by atoms with van der Waals surface area (Å²) in [6.07, 6.45) is 3.63. The topological polar surface area (TPSA) is 67.6 Å². The Hall–Kier alpha value is -3.12. The van der Waals surface area contributed by atoms with Gasteiger partial charge in [0, 0.05) is 18.2 Å². The Morgan fingerprint density at radius 1 is 1.06 bits per heavy atom. The summed E-state index contributed by atoms with van der Waals surface area (Å²) < 4.78 is 10.8. The second kappa shape index (κ2) is 10.0. The average Bonchev–Trinajstić information content (AvgIpc) is 3.32. The summed E-state index contributed by atoms with van der Waals surface area (Å²) in [5, 5.41) is 7.09. The van der Waals surface area contributed by atoms with Crippen LogP contribution in [0.15, 0.2) is 53.1 Å². The number of carbonyl (C=O) groups is 1. The van der Waals surface area contributed by atoms with Crippen LogP contribution in [0.25, 0.3) is 11.3 Å². The normalized spacial score (nSPS) is 15.3. The molecule has 1 unspecified atom stereocenters. The molecule has 4 rings (SSSR count). The zero-order chi connectivity index (χ0) is 22.5. The van der Waals surface area contributed by atoms with Gasteiger partial charge in [0.2, 0.25) is 0 Å². The minimum Gasteiger partial charge on any atom is -0.497 e. The first-order valence-corrected chi connectivity index (χ1v) is 11.3. The minimum atomic E-state index is -0.223. The molecule has 0 aliphatic carbocycles. The van der Waals surface area contributed by atoms with Gasteiger partial charge in [0.15, 0.2) is 11.5 Å². The molecule has 1 atom stereocenters. The third kappa shape index (κ3) is 5.02. The van der Waals surface area contributed by atoms with Gasteiger partial charge in [-0.25, -0.2) is 0 Å². The van der Waals surface area contributed by atoms with Crippen LogP contribution in [-0.2, 0) is 0 Å². The highest BCUT2D eigenvalue weighted by Gasteiger charge is 2.24. The lowest BCUT2D eigenvalue weighted by atomic mass is 10.0. The van der Waals surface area contributed by atoms with Gasteiger partial charge in [-0.15, -0.1) is 0 Å². The first-order valence-electron chi connectivity index (χ1n) is 11.3. The highest BCUT2D eigenvalue weighted by Crippen LogP contribution is 2.26. The lowest BCUT2D eigenvalue weighted by Crippen LogP contribution is -2.40. The number of hydrogen-bond acceptors (Lipinski definition) is 5. The Balaban J connectivity index is 1.47. The van der Waals surface area contributed by atoms with E-state index in [-0.39, 0.29) is 11.9 Å². The molecule has 6 nitrogen and oxygen atoms in total. The summed E-state index contributed by atoms with van der Waals surface area (Å²) >= 11 is 0. The Labute approximate surface area is 189 Å². The van der Waals surface area contributed by atoms with Gasteiger partial charge < -0.3 is 14.6 Å². The van der Waals surface area contributed by atoms with Gasteiger partial charge in [-0.2, -0.15) is 0 Å². The molecule has 2 heterocycles. The second-order valence-corrected chi connectivity index (χ2v) is 8.47. The van der Waals surface area contributed by atoms with Gasteiger partial charge in [0.1, 0.15) is 5.75 Å². The van der Waals surface area contributed by atoms with Gasteiger partial charge in [0.05, 0.1) is 13.2 Å². The molecule has 1 N–H and O–H groups in total. The van der Waals surface area contributed by atoms with E-state index < -0.39 is 0 Å². The Morgan fingerprint density at radius 2 is 1.81 bits per heavy atom. The van der Waals surface area contributed by atoms with Crippen molar-refractivity contribution in [1.82, 2.24) is 15.4 Å². The van der Waals surface area contributed by atoms with Gasteiger partial charge in [-0.3, -0.25) is 9.69 Å². The Kier molecular flexibility index (Phi) is 6.90. The van der Waals surface area contributed by atoms with E-state index in [0.717, 1.165) is 24.4 Å². The SMILES string of the molecule is COc1ccc(C(CNC(=O)c2cc(-c3ccc(C)c(C)c3)on2)N2CCCCC2)cc1. The van der Waals surface area contributed by atoms with Gasteiger partial charge in [-0.1, -0.05) is 35.8 Å². The first kappa shape index (κ1) is 22.1. The minimum absolute atomic E-state index is 0.108. The van der Waals surface area contributed by atoms with Crippen molar-refractivity contribution in [3.8, 4) is 17.1 Å². The number of aromatic nitrogens is 1. The van der Waals surface area contributed by atoms with E-state index in [1.165, 1.54) is 36.0 Å². The van der Waals surface area contributed by atoms with Crippen molar-refractivity contribution >= 4 is 5.91 Å². The molecule has 3 aromatic rings. The summed E-state index contributed by atoms with van der Waals surface area (Å²) in [6.45, 7) is 6.71. The largest absolute Gasteiger partial charge is 0.497 e. The third-order valence-corrected chi connectivity index (χ3v) is 6.32. The smallest absolute Gasteiger partial charge is 0.273 e. The molecular weight excluding hydrogens is 402 g/mol. The average molecular weight is 434 g/mol. The quantitative estimate of drug-likeness (QED) is 0.573. The highest BCUT2D eigenvalue weighted by molar-refractivity contribution is 5.93. The van der Waals surface area contributed by atoms with Crippen molar-refractivity contribution in [2.75, 3.05) is 26.7 Å². The predicted octanol–water partition coefficient (Wildman–Crippen LogP) is 4.92. The number of methoxy groups -OCH3 is 1. The zero-order valence-electron chi connectivity index (χ0n) is 19.1. The standard InChI is InChI=1S/C26H31N3O3/c1-18-7-8-21(15-19(18)2)25-16-23(28-32-25)26(30)27-17-24(29-13-5-4-6-14-29)20-9-11-22(31-3)12-10-20/h7-12,15-16,24H,4-6,13-14,17H2,1-3H3,(H,27,30). The van der Waals surface area contributed by atoms with Gasteiger partial charge >= 0.3 is 0 Å². The summed E-state index contributed by atoms with van der Waals surface area (Å²) in [4.78, 5) is 15.3. The van der Waals surface area contributed by atoms with Crippen LogP contribution < -0.4 is 10.1 Å². The van der Waals surface area contributed by atoms with E-state index >= 15 is 0 Å². The molecule has 6 heteroatoms.